The van der Waals surface area contributed by atoms with Crippen LogP contribution in [0.1, 0.15) is 23.2 Å². The van der Waals surface area contributed by atoms with Crippen LogP contribution in [0.2, 0.25) is 5.02 Å². The zero-order valence-corrected chi connectivity index (χ0v) is 20.3. The molecule has 2 aromatic carbocycles. The summed E-state index contributed by atoms with van der Waals surface area (Å²) in [6.07, 6.45) is 3.21. The Bertz CT molecular complexity index is 1150. The largest absolute Gasteiger partial charge is 0.496 e. The quantitative estimate of drug-likeness (QED) is 0.484. The van der Waals surface area contributed by atoms with Crippen LogP contribution in [-0.4, -0.2) is 61.0 Å². The molecule has 4 rings (SSSR count). The number of aromatic nitrogens is 1. The number of ether oxygens (including phenoxy) is 1. The molecule has 34 heavy (non-hydrogen) atoms. The van der Waals surface area contributed by atoms with E-state index in [2.05, 4.69) is 16.9 Å². The summed E-state index contributed by atoms with van der Waals surface area (Å²) in [4.78, 5) is 21.1. The Labute approximate surface area is 205 Å². The number of amides is 1. The predicted octanol–water partition coefficient (Wildman–Crippen LogP) is 4.85. The highest BCUT2D eigenvalue weighted by Crippen LogP contribution is 2.36. The van der Waals surface area contributed by atoms with E-state index in [1.165, 1.54) is 7.11 Å². The first kappa shape index (κ1) is 24.2. The molecular formula is C27H29ClFN3O2. The Morgan fingerprint density at radius 2 is 1.91 bits per heavy atom. The molecule has 2 heterocycles. The average molecular weight is 482 g/mol. The maximum Gasteiger partial charge on any atom is 0.223 e. The third-order valence-corrected chi connectivity index (χ3v) is 6.48. The normalized spacial score (nSPS) is 14.3. The van der Waals surface area contributed by atoms with Crippen molar-refractivity contribution in [3.05, 3.63) is 82.4 Å². The molecule has 1 fully saturated rings. The zero-order valence-electron chi connectivity index (χ0n) is 19.6. The number of nitrogens with zero attached hydrogens (tertiary/aromatic N) is 3. The molecule has 1 saturated heterocycles. The SMILES string of the molecule is COc1ccc(Cc2ccc(CCC(=O)N3CCN(C)CC3)nc2)c(F)c1-c1cccc(Cl)c1. The molecule has 7 heteroatoms. The van der Waals surface area contributed by atoms with Gasteiger partial charge < -0.3 is 14.5 Å². The summed E-state index contributed by atoms with van der Waals surface area (Å²) in [5, 5.41) is 0.537. The molecule has 0 N–H and O–H groups in total. The van der Waals surface area contributed by atoms with E-state index >= 15 is 4.39 Å². The molecule has 0 atom stereocenters. The van der Waals surface area contributed by atoms with Gasteiger partial charge in [0.15, 0.2) is 0 Å². The van der Waals surface area contributed by atoms with E-state index in [0.29, 0.717) is 46.7 Å². The number of hydrogen-bond donors (Lipinski definition) is 0. The van der Waals surface area contributed by atoms with E-state index in [0.717, 1.165) is 37.4 Å². The lowest BCUT2D eigenvalue weighted by Crippen LogP contribution is -2.47. The molecule has 0 bridgehead atoms. The number of aryl methyl sites for hydroxylation is 1. The van der Waals surface area contributed by atoms with Crippen molar-refractivity contribution < 1.29 is 13.9 Å². The molecule has 0 spiro atoms. The fourth-order valence-corrected chi connectivity index (χ4v) is 4.39. The molecule has 1 amide bonds. The van der Waals surface area contributed by atoms with E-state index < -0.39 is 0 Å². The van der Waals surface area contributed by atoms with E-state index in [4.69, 9.17) is 16.3 Å². The van der Waals surface area contributed by atoms with Gasteiger partial charge in [0, 0.05) is 55.9 Å². The van der Waals surface area contributed by atoms with Crippen LogP contribution < -0.4 is 4.74 Å². The highest BCUT2D eigenvalue weighted by Gasteiger charge is 2.19. The third kappa shape index (κ3) is 5.75. The lowest BCUT2D eigenvalue weighted by Gasteiger charge is -2.32. The van der Waals surface area contributed by atoms with Gasteiger partial charge >= 0.3 is 0 Å². The van der Waals surface area contributed by atoms with Crippen molar-refractivity contribution in [1.82, 2.24) is 14.8 Å². The number of rotatable bonds is 7. The summed E-state index contributed by atoms with van der Waals surface area (Å²) in [6, 6.07) is 14.5. The van der Waals surface area contributed by atoms with Crippen LogP contribution in [0, 0.1) is 5.82 Å². The number of likely N-dealkylation sites (N-methyl/N-ethyl adjacent to an activating group) is 1. The molecular weight excluding hydrogens is 453 g/mol. The molecule has 0 unspecified atom stereocenters. The maximum atomic E-state index is 15.5. The second-order valence-electron chi connectivity index (χ2n) is 8.64. The van der Waals surface area contributed by atoms with Crippen LogP contribution in [0.5, 0.6) is 5.75 Å². The van der Waals surface area contributed by atoms with Crippen molar-refractivity contribution in [2.24, 2.45) is 0 Å². The highest BCUT2D eigenvalue weighted by atomic mass is 35.5. The van der Waals surface area contributed by atoms with Crippen molar-refractivity contribution in [2.75, 3.05) is 40.3 Å². The first-order valence-corrected chi connectivity index (χ1v) is 11.8. The standard InChI is InChI=1S/C27H29ClFN3O2/c1-31-12-14-32(15-13-31)25(33)11-9-23-8-6-19(18-30-23)16-21-7-10-24(34-2)26(27(21)29)20-4-3-5-22(28)17-20/h3-8,10,17-18H,9,11-16H2,1-2H3. The Morgan fingerprint density at radius 3 is 2.59 bits per heavy atom. The van der Waals surface area contributed by atoms with Crippen LogP contribution in [0.15, 0.2) is 54.7 Å². The molecule has 0 saturated carbocycles. The van der Waals surface area contributed by atoms with E-state index in [9.17, 15) is 4.79 Å². The number of methoxy groups -OCH3 is 1. The lowest BCUT2D eigenvalue weighted by molar-refractivity contribution is -0.132. The van der Waals surface area contributed by atoms with Gasteiger partial charge in [-0.3, -0.25) is 9.78 Å². The van der Waals surface area contributed by atoms with Crippen molar-refractivity contribution in [2.45, 2.75) is 19.3 Å². The molecule has 178 valence electrons. The topological polar surface area (TPSA) is 45.7 Å². The number of piperazine rings is 1. The predicted molar refractivity (Wildman–Crippen MR) is 133 cm³/mol. The van der Waals surface area contributed by atoms with Gasteiger partial charge in [-0.05, 0) is 54.4 Å². The van der Waals surface area contributed by atoms with Gasteiger partial charge in [-0.1, -0.05) is 35.9 Å². The number of hydrogen-bond acceptors (Lipinski definition) is 4. The fraction of sp³-hybridized carbons (Fsp3) is 0.333. The fourth-order valence-electron chi connectivity index (χ4n) is 4.20. The zero-order chi connectivity index (χ0) is 24.1. The summed E-state index contributed by atoms with van der Waals surface area (Å²) in [6.45, 7) is 3.40. The number of carbonyl (C=O) groups is 1. The molecule has 3 aromatic rings. The third-order valence-electron chi connectivity index (χ3n) is 6.25. The second-order valence-corrected chi connectivity index (χ2v) is 9.08. The van der Waals surface area contributed by atoms with Crippen molar-refractivity contribution in [3.63, 3.8) is 0 Å². The smallest absolute Gasteiger partial charge is 0.223 e. The number of carbonyl (C=O) groups excluding carboxylic acids is 1. The minimum Gasteiger partial charge on any atom is -0.496 e. The van der Waals surface area contributed by atoms with Crippen molar-refractivity contribution >= 4 is 17.5 Å². The van der Waals surface area contributed by atoms with Gasteiger partial charge in [0.05, 0.1) is 12.7 Å². The van der Waals surface area contributed by atoms with Gasteiger partial charge in [0.2, 0.25) is 5.91 Å². The molecule has 0 aliphatic carbocycles. The number of halogens is 2. The van der Waals surface area contributed by atoms with Gasteiger partial charge in [0.1, 0.15) is 11.6 Å². The monoisotopic (exact) mass is 481 g/mol. The molecule has 1 aliphatic heterocycles. The average Bonchev–Trinajstić information content (AvgIpc) is 2.85. The molecule has 1 aliphatic rings. The lowest BCUT2D eigenvalue weighted by atomic mass is 9.97. The van der Waals surface area contributed by atoms with Gasteiger partial charge in [-0.25, -0.2) is 4.39 Å². The Kier molecular flexibility index (Phi) is 7.80. The summed E-state index contributed by atoms with van der Waals surface area (Å²) in [5.74, 6) is 0.304. The molecule has 0 radical (unpaired) electrons. The Hall–Kier alpha value is -2.96. The van der Waals surface area contributed by atoms with Crippen LogP contribution in [0.3, 0.4) is 0 Å². The van der Waals surface area contributed by atoms with E-state index in [1.54, 1.807) is 36.5 Å². The van der Waals surface area contributed by atoms with Crippen LogP contribution in [-0.2, 0) is 17.6 Å². The van der Waals surface area contributed by atoms with Gasteiger partial charge in [-0.15, -0.1) is 0 Å². The summed E-state index contributed by atoms with van der Waals surface area (Å²) < 4.78 is 20.9. The minimum absolute atomic E-state index is 0.174. The summed E-state index contributed by atoms with van der Waals surface area (Å²) in [5.41, 5.74) is 3.38. The Morgan fingerprint density at radius 1 is 1.12 bits per heavy atom. The number of benzene rings is 2. The van der Waals surface area contributed by atoms with E-state index in [1.807, 2.05) is 23.1 Å². The summed E-state index contributed by atoms with van der Waals surface area (Å²) >= 11 is 6.12. The van der Waals surface area contributed by atoms with Crippen LogP contribution in [0.25, 0.3) is 11.1 Å². The van der Waals surface area contributed by atoms with Crippen LogP contribution >= 0.6 is 11.6 Å². The van der Waals surface area contributed by atoms with E-state index in [-0.39, 0.29) is 11.7 Å². The molecule has 1 aromatic heterocycles. The maximum absolute atomic E-state index is 15.5. The van der Waals surface area contributed by atoms with Crippen molar-refractivity contribution in [3.8, 4) is 16.9 Å². The minimum atomic E-state index is -0.330. The van der Waals surface area contributed by atoms with Gasteiger partial charge in [-0.2, -0.15) is 0 Å². The highest BCUT2D eigenvalue weighted by molar-refractivity contribution is 6.30. The second kappa shape index (κ2) is 11.0. The number of pyridine rings is 1. The summed E-state index contributed by atoms with van der Waals surface area (Å²) in [7, 11) is 3.60. The first-order chi connectivity index (χ1) is 16.4. The van der Waals surface area contributed by atoms with Crippen LogP contribution in [0.4, 0.5) is 4.39 Å². The molecule has 5 nitrogen and oxygen atoms in total. The Balaban J connectivity index is 1.43. The van der Waals surface area contributed by atoms with Crippen molar-refractivity contribution in [1.29, 1.82) is 0 Å². The van der Waals surface area contributed by atoms with Gasteiger partial charge in [0.25, 0.3) is 0 Å². The first-order valence-electron chi connectivity index (χ1n) is 11.5.